The molecule has 4 rings (SSSR count). The van der Waals surface area contributed by atoms with E-state index in [0.29, 0.717) is 25.9 Å². The van der Waals surface area contributed by atoms with Crippen LogP contribution in [0, 0.1) is 0 Å². The van der Waals surface area contributed by atoms with Gasteiger partial charge in [-0.3, -0.25) is 14.3 Å². The van der Waals surface area contributed by atoms with Crippen LogP contribution in [0.4, 0.5) is 5.82 Å². The predicted octanol–water partition coefficient (Wildman–Crippen LogP) is 1.93. The number of amides is 2. The molecule has 0 bridgehead atoms. The Morgan fingerprint density at radius 2 is 1.81 bits per heavy atom. The van der Waals surface area contributed by atoms with E-state index in [2.05, 4.69) is 16.5 Å². The van der Waals surface area contributed by atoms with E-state index < -0.39 is 5.54 Å². The van der Waals surface area contributed by atoms with Crippen LogP contribution in [-0.4, -0.2) is 63.1 Å². The first kappa shape index (κ1) is 18.1. The van der Waals surface area contributed by atoms with E-state index in [4.69, 9.17) is 0 Å². The lowest BCUT2D eigenvalue weighted by atomic mass is 9.85. The van der Waals surface area contributed by atoms with E-state index in [1.165, 1.54) is 0 Å². The Hall–Kier alpha value is -2.31. The van der Waals surface area contributed by atoms with Crippen molar-refractivity contribution >= 4 is 17.6 Å². The fraction of sp³-hybridized carbons (Fsp3) is 0.650. The second-order valence-electron chi connectivity index (χ2n) is 7.99. The summed E-state index contributed by atoms with van der Waals surface area (Å²) in [5.74, 6) is 1.05. The number of nitrogens with zero attached hydrogens (tertiary/aromatic N) is 4. The summed E-state index contributed by atoms with van der Waals surface area (Å²) in [6.07, 6.45) is 10.3. The van der Waals surface area contributed by atoms with Crippen LogP contribution >= 0.6 is 0 Å². The molecule has 0 saturated carbocycles. The molecular formula is C20H29N5O2. The summed E-state index contributed by atoms with van der Waals surface area (Å²) in [5, 5.41) is 7.87. The van der Waals surface area contributed by atoms with Gasteiger partial charge >= 0.3 is 0 Å². The van der Waals surface area contributed by atoms with Crippen LogP contribution in [-0.2, 0) is 16.6 Å². The minimum Gasteiger partial charge on any atom is -0.354 e. The smallest absolute Gasteiger partial charge is 0.249 e. The van der Waals surface area contributed by atoms with Crippen molar-refractivity contribution in [3.63, 3.8) is 0 Å². The lowest BCUT2D eigenvalue weighted by Gasteiger charge is -2.43. The highest BCUT2D eigenvalue weighted by atomic mass is 16.2. The lowest BCUT2D eigenvalue weighted by Crippen LogP contribution is -2.59. The van der Waals surface area contributed by atoms with Crippen molar-refractivity contribution in [1.29, 1.82) is 0 Å². The average molecular weight is 371 g/mol. The number of aryl methyl sites for hydroxylation is 1. The van der Waals surface area contributed by atoms with Gasteiger partial charge in [0, 0.05) is 51.1 Å². The Bertz CT molecular complexity index is 739. The molecule has 2 amide bonds. The van der Waals surface area contributed by atoms with Gasteiger partial charge in [-0.15, -0.1) is 0 Å². The van der Waals surface area contributed by atoms with Gasteiger partial charge in [-0.05, 0) is 44.9 Å². The molecule has 2 saturated heterocycles. The van der Waals surface area contributed by atoms with Gasteiger partial charge in [0.1, 0.15) is 11.4 Å². The first-order chi connectivity index (χ1) is 13.1. The van der Waals surface area contributed by atoms with E-state index in [1.807, 2.05) is 29.1 Å². The molecule has 146 valence electrons. The second kappa shape index (κ2) is 7.37. The number of piperidine rings is 1. The number of hydrogen-bond acceptors (Lipinski definition) is 4. The zero-order chi connectivity index (χ0) is 18.9. The number of rotatable bonds is 4. The van der Waals surface area contributed by atoms with Crippen LogP contribution in [0.5, 0.6) is 0 Å². The molecule has 7 nitrogen and oxygen atoms in total. The molecular weight excluding hydrogens is 342 g/mol. The van der Waals surface area contributed by atoms with Crippen molar-refractivity contribution in [1.82, 2.24) is 19.6 Å². The van der Waals surface area contributed by atoms with Gasteiger partial charge in [0.05, 0.1) is 0 Å². The first-order valence-corrected chi connectivity index (χ1v) is 10.1. The summed E-state index contributed by atoms with van der Waals surface area (Å²) in [6, 6.07) is 1.90. The average Bonchev–Trinajstić information content (AvgIpc) is 3.44. The Balaban J connectivity index is 1.50. The maximum atomic E-state index is 13.4. The maximum Gasteiger partial charge on any atom is 0.249 e. The van der Waals surface area contributed by atoms with Crippen LogP contribution < -0.4 is 5.32 Å². The molecule has 2 aliphatic heterocycles. The van der Waals surface area contributed by atoms with Crippen LogP contribution in [0.3, 0.4) is 0 Å². The fourth-order valence-electron chi connectivity index (χ4n) is 4.50. The Morgan fingerprint density at radius 1 is 1.07 bits per heavy atom. The second-order valence-corrected chi connectivity index (χ2v) is 7.99. The summed E-state index contributed by atoms with van der Waals surface area (Å²) in [5.41, 5.74) is 0.283. The lowest BCUT2D eigenvalue weighted by molar-refractivity contribution is -0.139. The van der Waals surface area contributed by atoms with Crippen LogP contribution in [0.2, 0.25) is 0 Å². The van der Waals surface area contributed by atoms with Gasteiger partial charge in [-0.2, -0.15) is 5.10 Å². The van der Waals surface area contributed by atoms with Gasteiger partial charge in [-0.1, -0.05) is 6.08 Å². The van der Waals surface area contributed by atoms with E-state index in [0.717, 1.165) is 56.6 Å². The summed E-state index contributed by atoms with van der Waals surface area (Å²) >= 11 is 0. The first-order valence-electron chi connectivity index (χ1n) is 10.1. The Labute approximate surface area is 160 Å². The Kier molecular flexibility index (Phi) is 4.93. The molecule has 0 spiro atoms. The van der Waals surface area contributed by atoms with E-state index >= 15 is 0 Å². The molecule has 1 aliphatic carbocycles. The molecule has 7 heteroatoms. The van der Waals surface area contributed by atoms with Crippen molar-refractivity contribution in [2.45, 2.75) is 50.5 Å². The third kappa shape index (κ3) is 3.59. The minimum absolute atomic E-state index is 0.160. The number of anilines is 1. The number of allylic oxidation sites excluding steroid dienone is 1. The number of carbonyl (C=O) groups is 2. The summed E-state index contributed by atoms with van der Waals surface area (Å²) < 4.78 is 1.74. The van der Waals surface area contributed by atoms with Crippen molar-refractivity contribution in [3.05, 3.63) is 23.9 Å². The van der Waals surface area contributed by atoms with Crippen LogP contribution in [0.25, 0.3) is 0 Å². The number of aromatic nitrogens is 2. The molecule has 3 heterocycles. The van der Waals surface area contributed by atoms with E-state index in [9.17, 15) is 9.59 Å². The predicted molar refractivity (Wildman–Crippen MR) is 103 cm³/mol. The van der Waals surface area contributed by atoms with Crippen molar-refractivity contribution in [3.8, 4) is 0 Å². The molecule has 1 aromatic rings. The number of carbonyl (C=O) groups excluding carboxylic acids is 2. The van der Waals surface area contributed by atoms with Crippen molar-refractivity contribution < 1.29 is 9.59 Å². The van der Waals surface area contributed by atoms with Crippen LogP contribution in [0.1, 0.15) is 44.9 Å². The van der Waals surface area contributed by atoms with Gasteiger partial charge < -0.3 is 15.1 Å². The number of hydrogen-bond donors (Lipinski definition) is 1. The quantitative estimate of drug-likeness (QED) is 0.878. The molecule has 0 atom stereocenters. The highest BCUT2D eigenvalue weighted by Gasteiger charge is 2.45. The fourth-order valence-corrected chi connectivity index (χ4v) is 4.50. The minimum atomic E-state index is -0.667. The highest BCUT2D eigenvalue weighted by Crippen LogP contribution is 2.31. The molecule has 0 radical (unpaired) electrons. The van der Waals surface area contributed by atoms with Gasteiger partial charge in [0.15, 0.2) is 0 Å². The summed E-state index contributed by atoms with van der Waals surface area (Å²) in [6.45, 7) is 2.88. The summed E-state index contributed by atoms with van der Waals surface area (Å²) in [4.78, 5) is 30.0. The normalized spacial score (nSPS) is 22.0. The number of nitrogens with one attached hydrogen (secondary N) is 1. The monoisotopic (exact) mass is 371 g/mol. The molecule has 27 heavy (non-hydrogen) atoms. The van der Waals surface area contributed by atoms with E-state index in [1.54, 1.807) is 4.68 Å². The largest absolute Gasteiger partial charge is 0.354 e. The SMILES string of the molecule is Cn1ccc(NC2(C(=O)N3CCCC3)CCN(C(=O)C3=CCCC3)CC2)n1. The molecule has 0 unspecified atom stereocenters. The molecule has 1 N–H and O–H groups in total. The zero-order valence-electron chi connectivity index (χ0n) is 16.1. The third-order valence-electron chi connectivity index (χ3n) is 6.10. The highest BCUT2D eigenvalue weighted by molar-refractivity contribution is 5.95. The van der Waals surface area contributed by atoms with Gasteiger partial charge in [-0.25, -0.2) is 0 Å². The molecule has 2 fully saturated rings. The molecule has 0 aromatic carbocycles. The number of likely N-dealkylation sites (tertiary alicyclic amines) is 2. The third-order valence-corrected chi connectivity index (χ3v) is 6.10. The topological polar surface area (TPSA) is 70.5 Å². The van der Waals surface area contributed by atoms with Gasteiger partial charge in [0.25, 0.3) is 0 Å². The van der Waals surface area contributed by atoms with Crippen molar-refractivity contribution in [2.75, 3.05) is 31.5 Å². The van der Waals surface area contributed by atoms with Crippen molar-refractivity contribution in [2.24, 2.45) is 7.05 Å². The maximum absolute atomic E-state index is 13.4. The zero-order valence-corrected chi connectivity index (χ0v) is 16.1. The molecule has 1 aromatic heterocycles. The Morgan fingerprint density at radius 3 is 2.41 bits per heavy atom. The standard InChI is InChI=1S/C20H29N5O2/c1-23-13-8-17(22-23)21-20(19(27)25-11-4-5-12-25)9-14-24(15-10-20)18(26)16-6-2-3-7-16/h6,8,13H,2-5,7,9-12,14-15H2,1H3,(H,21,22). The van der Waals surface area contributed by atoms with Crippen LogP contribution in [0.15, 0.2) is 23.9 Å². The van der Waals surface area contributed by atoms with Gasteiger partial charge in [0.2, 0.25) is 11.8 Å². The van der Waals surface area contributed by atoms with E-state index in [-0.39, 0.29) is 11.8 Å². The summed E-state index contributed by atoms with van der Waals surface area (Å²) in [7, 11) is 1.87. The molecule has 3 aliphatic rings.